The van der Waals surface area contributed by atoms with Gasteiger partial charge in [0.25, 0.3) is 11.7 Å². The van der Waals surface area contributed by atoms with Gasteiger partial charge in [-0.3, -0.25) is 14.6 Å². The number of carbonyl (C=O) groups is 2. The summed E-state index contributed by atoms with van der Waals surface area (Å²) >= 11 is 0. The molecule has 1 aromatic heterocycles. The zero-order valence-electron chi connectivity index (χ0n) is 21.6. The summed E-state index contributed by atoms with van der Waals surface area (Å²) in [5, 5.41) is 11.3. The van der Waals surface area contributed by atoms with Crippen molar-refractivity contribution in [1.82, 2.24) is 9.88 Å². The van der Waals surface area contributed by atoms with Crippen molar-refractivity contribution in [1.29, 1.82) is 0 Å². The highest BCUT2D eigenvalue weighted by molar-refractivity contribution is 6.46. The smallest absolute Gasteiger partial charge is 0.296 e. The molecule has 0 saturated carbocycles. The number of pyridine rings is 1. The van der Waals surface area contributed by atoms with Crippen molar-refractivity contribution < 1.29 is 19.4 Å². The van der Waals surface area contributed by atoms with E-state index in [-0.39, 0.29) is 17.9 Å². The molecule has 192 valence electrons. The van der Waals surface area contributed by atoms with Gasteiger partial charge in [-0.2, -0.15) is 0 Å². The van der Waals surface area contributed by atoms with Crippen molar-refractivity contribution in [3.8, 4) is 5.75 Å². The van der Waals surface area contributed by atoms with Gasteiger partial charge in [0.2, 0.25) is 0 Å². The Hall–Kier alpha value is -4.13. The fourth-order valence-corrected chi connectivity index (χ4v) is 4.60. The second kappa shape index (κ2) is 11.7. The number of hydrogen-bond donors (Lipinski definition) is 1. The Bertz CT molecular complexity index is 1250. The summed E-state index contributed by atoms with van der Waals surface area (Å²) in [6.07, 6.45) is 2.54. The van der Waals surface area contributed by atoms with E-state index in [2.05, 4.69) is 23.7 Å². The topological polar surface area (TPSA) is 83.0 Å². The van der Waals surface area contributed by atoms with Crippen LogP contribution in [0.5, 0.6) is 5.75 Å². The SMILES string of the molecule is CCCOc1ccc(/C(O)=C2/C(=O)C(=O)N(Cc3ccccn3)C2c2ccc(N(CC)CC)cc2)cc1. The maximum absolute atomic E-state index is 13.3. The standard InChI is InChI=1S/C30H33N3O4/c1-4-19-37-25-16-12-22(13-17-25)28(34)26-27(21-10-14-24(15-11-21)32(5-2)6-3)33(30(36)29(26)35)20-23-9-7-8-18-31-23/h7-18,27,34H,4-6,19-20H2,1-3H3/b28-26-. The third kappa shape index (κ3) is 5.50. The number of benzene rings is 2. The molecule has 1 unspecified atom stereocenters. The number of hydrogen-bond acceptors (Lipinski definition) is 6. The van der Waals surface area contributed by atoms with Crippen LogP contribution in [0.15, 0.2) is 78.5 Å². The molecule has 0 radical (unpaired) electrons. The summed E-state index contributed by atoms with van der Waals surface area (Å²) < 4.78 is 5.64. The molecule has 1 fully saturated rings. The van der Waals surface area contributed by atoms with Crippen LogP contribution in [-0.4, -0.2) is 46.4 Å². The first-order valence-corrected chi connectivity index (χ1v) is 12.7. The highest BCUT2D eigenvalue weighted by atomic mass is 16.5. The molecule has 1 N–H and O–H groups in total. The van der Waals surface area contributed by atoms with Gasteiger partial charge in [-0.05, 0) is 74.4 Å². The minimum absolute atomic E-state index is 0.0683. The molecule has 37 heavy (non-hydrogen) atoms. The summed E-state index contributed by atoms with van der Waals surface area (Å²) in [5.74, 6) is -0.898. The van der Waals surface area contributed by atoms with Crippen molar-refractivity contribution in [3.63, 3.8) is 0 Å². The second-order valence-corrected chi connectivity index (χ2v) is 8.88. The van der Waals surface area contributed by atoms with E-state index in [1.165, 1.54) is 4.90 Å². The number of anilines is 1. The van der Waals surface area contributed by atoms with E-state index in [1.54, 1.807) is 36.5 Å². The normalized spacial score (nSPS) is 16.7. The molecule has 2 aromatic carbocycles. The molecule has 1 saturated heterocycles. The molecule has 0 aliphatic carbocycles. The largest absolute Gasteiger partial charge is 0.507 e. The third-order valence-corrected chi connectivity index (χ3v) is 6.54. The fourth-order valence-electron chi connectivity index (χ4n) is 4.60. The van der Waals surface area contributed by atoms with Crippen molar-refractivity contribution in [3.05, 3.63) is 95.3 Å². The quantitative estimate of drug-likeness (QED) is 0.230. The second-order valence-electron chi connectivity index (χ2n) is 8.88. The lowest BCUT2D eigenvalue weighted by atomic mass is 9.95. The van der Waals surface area contributed by atoms with Crippen LogP contribution in [-0.2, 0) is 16.1 Å². The van der Waals surface area contributed by atoms with Crippen LogP contribution in [0, 0.1) is 0 Å². The van der Waals surface area contributed by atoms with E-state index in [4.69, 9.17) is 4.74 Å². The summed E-state index contributed by atoms with van der Waals surface area (Å²) in [5.41, 5.74) is 2.98. The fraction of sp³-hybridized carbons (Fsp3) is 0.300. The van der Waals surface area contributed by atoms with E-state index in [0.717, 1.165) is 30.8 Å². The molecule has 1 aliphatic heterocycles. The van der Waals surface area contributed by atoms with Crippen LogP contribution in [0.3, 0.4) is 0 Å². The van der Waals surface area contributed by atoms with E-state index in [0.29, 0.717) is 23.6 Å². The Labute approximate surface area is 218 Å². The summed E-state index contributed by atoms with van der Waals surface area (Å²) in [7, 11) is 0. The van der Waals surface area contributed by atoms with Gasteiger partial charge >= 0.3 is 0 Å². The van der Waals surface area contributed by atoms with Crippen molar-refractivity contribution in [2.24, 2.45) is 0 Å². The van der Waals surface area contributed by atoms with Gasteiger partial charge < -0.3 is 19.6 Å². The van der Waals surface area contributed by atoms with E-state index < -0.39 is 17.7 Å². The van der Waals surface area contributed by atoms with Crippen LogP contribution < -0.4 is 9.64 Å². The number of nitrogens with zero attached hydrogens (tertiary/aromatic N) is 3. The number of aliphatic hydroxyl groups is 1. The van der Waals surface area contributed by atoms with Crippen molar-refractivity contribution in [2.75, 3.05) is 24.6 Å². The van der Waals surface area contributed by atoms with Crippen LogP contribution in [0.1, 0.15) is 50.1 Å². The molecule has 7 heteroatoms. The van der Waals surface area contributed by atoms with Crippen LogP contribution in [0.4, 0.5) is 5.69 Å². The Kier molecular flexibility index (Phi) is 8.23. The van der Waals surface area contributed by atoms with Crippen LogP contribution in [0.2, 0.25) is 0 Å². The zero-order valence-corrected chi connectivity index (χ0v) is 21.6. The first-order valence-electron chi connectivity index (χ1n) is 12.7. The molecule has 1 atom stereocenters. The maximum atomic E-state index is 13.3. The summed E-state index contributed by atoms with van der Waals surface area (Å²) in [6, 6.07) is 19.4. The van der Waals surface area contributed by atoms with Gasteiger partial charge in [-0.1, -0.05) is 25.1 Å². The van der Waals surface area contributed by atoms with Crippen molar-refractivity contribution >= 4 is 23.1 Å². The molecule has 4 rings (SSSR count). The number of rotatable bonds is 10. The number of likely N-dealkylation sites (tertiary alicyclic amines) is 1. The van der Waals surface area contributed by atoms with Crippen molar-refractivity contribution in [2.45, 2.75) is 39.8 Å². The third-order valence-electron chi connectivity index (χ3n) is 6.54. The number of aliphatic hydroxyl groups excluding tert-OH is 1. The van der Waals surface area contributed by atoms with Gasteiger partial charge in [0.1, 0.15) is 11.5 Å². The van der Waals surface area contributed by atoms with Gasteiger partial charge in [-0.25, -0.2) is 0 Å². The average molecular weight is 500 g/mol. The molecule has 0 bridgehead atoms. The van der Waals surface area contributed by atoms with E-state index in [1.807, 2.05) is 43.3 Å². The summed E-state index contributed by atoms with van der Waals surface area (Å²) in [4.78, 5) is 34.6. The number of carbonyl (C=O) groups excluding carboxylic acids is 2. The predicted molar refractivity (Wildman–Crippen MR) is 144 cm³/mol. The number of amides is 1. The Balaban J connectivity index is 1.77. The first kappa shape index (κ1) is 25.9. The molecule has 2 heterocycles. The summed E-state index contributed by atoms with van der Waals surface area (Å²) in [6.45, 7) is 8.69. The van der Waals surface area contributed by atoms with E-state index >= 15 is 0 Å². The first-order chi connectivity index (χ1) is 18.0. The van der Waals surface area contributed by atoms with Gasteiger partial charge in [-0.15, -0.1) is 0 Å². The number of ether oxygens (including phenoxy) is 1. The van der Waals surface area contributed by atoms with Crippen LogP contribution in [0.25, 0.3) is 5.76 Å². The molecular formula is C30H33N3O4. The minimum Gasteiger partial charge on any atom is -0.507 e. The van der Waals surface area contributed by atoms with E-state index in [9.17, 15) is 14.7 Å². The molecule has 0 spiro atoms. The minimum atomic E-state index is -0.747. The van der Waals surface area contributed by atoms with Crippen LogP contribution >= 0.6 is 0 Å². The lowest BCUT2D eigenvalue weighted by Crippen LogP contribution is -2.29. The molecule has 1 amide bonds. The molecule has 7 nitrogen and oxygen atoms in total. The van der Waals surface area contributed by atoms with Gasteiger partial charge in [0, 0.05) is 30.5 Å². The number of aromatic nitrogens is 1. The Morgan fingerprint density at radius 1 is 0.973 bits per heavy atom. The Morgan fingerprint density at radius 3 is 2.27 bits per heavy atom. The van der Waals surface area contributed by atoms with Gasteiger partial charge in [0.05, 0.1) is 30.5 Å². The predicted octanol–water partition coefficient (Wildman–Crippen LogP) is 5.34. The zero-order chi connectivity index (χ0) is 26.4. The molecule has 1 aliphatic rings. The number of Topliss-reactive ketones (excluding diaryl/α,β-unsaturated/α-hetero) is 1. The Morgan fingerprint density at radius 2 is 1.68 bits per heavy atom. The monoisotopic (exact) mass is 499 g/mol. The number of ketones is 1. The molecular weight excluding hydrogens is 466 g/mol. The molecule has 3 aromatic rings. The highest BCUT2D eigenvalue weighted by Gasteiger charge is 2.46. The van der Waals surface area contributed by atoms with Gasteiger partial charge in [0.15, 0.2) is 0 Å². The lowest BCUT2D eigenvalue weighted by molar-refractivity contribution is -0.140. The highest BCUT2D eigenvalue weighted by Crippen LogP contribution is 2.40. The maximum Gasteiger partial charge on any atom is 0.296 e. The lowest BCUT2D eigenvalue weighted by Gasteiger charge is -2.26. The average Bonchev–Trinajstić information content (AvgIpc) is 3.18.